The average Bonchev–Trinajstić information content (AvgIpc) is 2.46. The van der Waals surface area contributed by atoms with E-state index >= 15 is 0 Å². The Morgan fingerprint density at radius 3 is 2.55 bits per heavy atom. The van der Waals surface area contributed by atoms with Gasteiger partial charge in [-0.3, -0.25) is 13.8 Å². The minimum Gasteiger partial charge on any atom is -0.366 e. The number of nitrogens with one attached hydrogen (secondary N) is 1. The van der Waals surface area contributed by atoms with Crippen molar-refractivity contribution in [3.05, 3.63) is 35.4 Å². The molecule has 0 spiro atoms. The van der Waals surface area contributed by atoms with Crippen molar-refractivity contribution in [1.82, 2.24) is 5.32 Å². The van der Waals surface area contributed by atoms with Gasteiger partial charge in [0.1, 0.15) is 5.25 Å². The summed E-state index contributed by atoms with van der Waals surface area (Å²) in [4.78, 5) is 23.3. The number of carbonyl (C=O) groups excluding carboxylic acids is 2. The fourth-order valence-electron chi connectivity index (χ4n) is 1.75. The normalized spacial score (nSPS) is 14.2. The first-order valence-electron chi connectivity index (χ1n) is 7.24. The van der Waals surface area contributed by atoms with E-state index in [2.05, 4.69) is 5.32 Å². The van der Waals surface area contributed by atoms with Crippen LogP contribution < -0.4 is 11.1 Å². The largest absolute Gasteiger partial charge is 0.366 e. The van der Waals surface area contributed by atoms with E-state index in [0.29, 0.717) is 5.56 Å². The number of hydrogen-bond acceptors (Lipinski definition) is 3. The first kappa shape index (κ1) is 18.4. The molecule has 0 saturated heterocycles. The molecule has 1 rings (SSSR count). The van der Waals surface area contributed by atoms with Crippen molar-refractivity contribution in [1.29, 1.82) is 0 Å². The van der Waals surface area contributed by atoms with Crippen LogP contribution in [-0.2, 0) is 21.3 Å². The van der Waals surface area contributed by atoms with E-state index in [1.54, 1.807) is 31.2 Å². The Morgan fingerprint density at radius 2 is 2.00 bits per heavy atom. The highest BCUT2D eigenvalue weighted by Gasteiger charge is 2.25. The summed E-state index contributed by atoms with van der Waals surface area (Å²) < 4.78 is 12.3. The van der Waals surface area contributed by atoms with Crippen LogP contribution in [0.1, 0.15) is 50.0 Å². The van der Waals surface area contributed by atoms with Crippen LogP contribution in [-0.4, -0.2) is 26.8 Å². The first-order chi connectivity index (χ1) is 10.2. The number of hydrogen-bond donors (Lipinski definition) is 2. The minimum atomic E-state index is -1.37. The van der Waals surface area contributed by atoms with Crippen molar-refractivity contribution in [3.63, 3.8) is 0 Å². The predicted molar refractivity (Wildman–Crippen MR) is 88.8 cm³/mol. The van der Waals surface area contributed by atoms with E-state index < -0.39 is 22.0 Å². The van der Waals surface area contributed by atoms with Gasteiger partial charge in [-0.05, 0) is 44.9 Å². The van der Waals surface area contributed by atoms with E-state index in [1.807, 2.05) is 20.8 Å². The Labute approximate surface area is 134 Å². The van der Waals surface area contributed by atoms with Crippen LogP contribution >= 0.6 is 0 Å². The number of rotatable bonds is 7. The van der Waals surface area contributed by atoms with Crippen molar-refractivity contribution in [2.75, 3.05) is 0 Å². The third-order valence-electron chi connectivity index (χ3n) is 3.63. The molecule has 1 aromatic rings. The van der Waals surface area contributed by atoms with E-state index in [4.69, 9.17) is 5.73 Å². The molecule has 0 bridgehead atoms. The summed E-state index contributed by atoms with van der Waals surface area (Å²) >= 11 is 0. The lowest BCUT2D eigenvalue weighted by Gasteiger charge is -2.26. The van der Waals surface area contributed by atoms with E-state index in [-0.39, 0.29) is 17.2 Å². The Kier molecular flexibility index (Phi) is 6.29. The van der Waals surface area contributed by atoms with Crippen molar-refractivity contribution in [2.24, 2.45) is 5.73 Å². The third kappa shape index (κ3) is 5.26. The maximum absolute atomic E-state index is 12.3. The van der Waals surface area contributed by atoms with Gasteiger partial charge in [0.05, 0.1) is 0 Å². The molecule has 0 saturated carbocycles. The number of benzene rings is 1. The number of carbonyl (C=O) groups is 2. The maximum atomic E-state index is 12.3. The Balaban J connectivity index is 2.74. The Bertz CT molecular complexity index is 585. The second-order valence-electron chi connectivity index (χ2n) is 5.96. The van der Waals surface area contributed by atoms with Crippen molar-refractivity contribution >= 4 is 22.6 Å². The Hall–Kier alpha value is -1.69. The second kappa shape index (κ2) is 7.54. The highest BCUT2D eigenvalue weighted by molar-refractivity contribution is 7.85. The molecule has 2 amide bonds. The SMILES string of the molecule is CCC(C)(C)NC(=O)[C@H](C)[S@@](=O)Cc1cccc(C(N)=O)c1. The highest BCUT2D eigenvalue weighted by atomic mass is 32.2. The molecule has 0 aliphatic heterocycles. The van der Waals surface area contributed by atoms with Gasteiger partial charge in [0.2, 0.25) is 11.8 Å². The van der Waals surface area contributed by atoms with Gasteiger partial charge in [-0.2, -0.15) is 0 Å². The van der Waals surface area contributed by atoms with Crippen LogP contribution in [0.3, 0.4) is 0 Å². The van der Waals surface area contributed by atoms with Crippen LogP contribution in [0.4, 0.5) is 0 Å². The molecule has 0 fully saturated rings. The number of nitrogens with two attached hydrogens (primary N) is 1. The molecule has 0 radical (unpaired) electrons. The molecule has 6 heteroatoms. The minimum absolute atomic E-state index is 0.211. The molecule has 2 atom stereocenters. The molecule has 0 heterocycles. The molecule has 0 aromatic heterocycles. The molecule has 5 nitrogen and oxygen atoms in total. The summed E-state index contributed by atoms with van der Waals surface area (Å²) in [6.45, 7) is 7.49. The molecule has 3 N–H and O–H groups in total. The van der Waals surface area contributed by atoms with Crippen LogP contribution in [0.5, 0.6) is 0 Å². The molecule has 122 valence electrons. The highest BCUT2D eigenvalue weighted by Crippen LogP contribution is 2.12. The summed E-state index contributed by atoms with van der Waals surface area (Å²) in [7, 11) is -1.37. The summed E-state index contributed by atoms with van der Waals surface area (Å²) in [6, 6.07) is 6.68. The Morgan fingerprint density at radius 1 is 1.36 bits per heavy atom. The number of primary amides is 1. The van der Waals surface area contributed by atoms with E-state index in [0.717, 1.165) is 12.0 Å². The smallest absolute Gasteiger partial charge is 0.248 e. The average molecular weight is 324 g/mol. The van der Waals surface area contributed by atoms with Crippen LogP contribution in [0, 0.1) is 0 Å². The first-order valence-corrected chi connectivity index (χ1v) is 8.62. The van der Waals surface area contributed by atoms with Crippen LogP contribution in [0.2, 0.25) is 0 Å². The van der Waals surface area contributed by atoms with Gasteiger partial charge in [0.15, 0.2) is 0 Å². The monoisotopic (exact) mass is 324 g/mol. The molecule has 22 heavy (non-hydrogen) atoms. The standard InChI is InChI=1S/C16H24N2O3S/c1-5-16(3,4)18-15(20)11(2)22(21)10-12-7-6-8-13(9-12)14(17)19/h6-9,11H,5,10H2,1-4H3,(H2,17,19)(H,18,20)/t11-,22-/m0/s1. The predicted octanol–water partition coefficient (Wildman–Crippen LogP) is 1.73. The van der Waals surface area contributed by atoms with Gasteiger partial charge >= 0.3 is 0 Å². The van der Waals surface area contributed by atoms with Gasteiger partial charge in [-0.25, -0.2) is 0 Å². The van der Waals surface area contributed by atoms with Gasteiger partial charge in [-0.1, -0.05) is 19.1 Å². The summed E-state index contributed by atoms with van der Waals surface area (Å²) in [6.07, 6.45) is 0.790. The summed E-state index contributed by atoms with van der Waals surface area (Å²) in [5.41, 5.74) is 6.01. The van der Waals surface area contributed by atoms with Crippen LogP contribution in [0.15, 0.2) is 24.3 Å². The zero-order chi connectivity index (χ0) is 16.9. The molecule has 0 aliphatic rings. The van der Waals surface area contributed by atoms with E-state index in [1.165, 1.54) is 0 Å². The second-order valence-corrected chi connectivity index (χ2v) is 7.72. The lowest BCUT2D eigenvalue weighted by molar-refractivity contribution is -0.121. The topological polar surface area (TPSA) is 89.3 Å². The van der Waals surface area contributed by atoms with Gasteiger partial charge in [-0.15, -0.1) is 0 Å². The van der Waals surface area contributed by atoms with Gasteiger partial charge in [0, 0.05) is 27.7 Å². The van der Waals surface area contributed by atoms with E-state index in [9.17, 15) is 13.8 Å². The summed E-state index contributed by atoms with van der Waals surface area (Å²) in [5, 5.41) is 2.27. The van der Waals surface area contributed by atoms with Crippen molar-refractivity contribution in [2.45, 2.75) is 50.7 Å². The maximum Gasteiger partial charge on any atom is 0.248 e. The van der Waals surface area contributed by atoms with Crippen LogP contribution in [0.25, 0.3) is 0 Å². The van der Waals surface area contributed by atoms with Gasteiger partial charge < -0.3 is 11.1 Å². The number of amides is 2. The zero-order valence-corrected chi connectivity index (χ0v) is 14.3. The fourth-order valence-corrected chi connectivity index (χ4v) is 2.80. The fraction of sp³-hybridized carbons (Fsp3) is 0.500. The molecular formula is C16H24N2O3S. The zero-order valence-electron chi connectivity index (χ0n) is 13.5. The lowest BCUT2D eigenvalue weighted by atomic mass is 10.0. The molecule has 1 aromatic carbocycles. The van der Waals surface area contributed by atoms with Crippen molar-refractivity contribution < 1.29 is 13.8 Å². The molecule has 0 aliphatic carbocycles. The van der Waals surface area contributed by atoms with Crippen molar-refractivity contribution in [3.8, 4) is 0 Å². The molecular weight excluding hydrogens is 300 g/mol. The molecule has 0 unspecified atom stereocenters. The third-order valence-corrected chi connectivity index (χ3v) is 5.25. The van der Waals surface area contributed by atoms with Gasteiger partial charge in [0.25, 0.3) is 0 Å². The quantitative estimate of drug-likeness (QED) is 0.800. The lowest BCUT2D eigenvalue weighted by Crippen LogP contribution is -2.47. The summed E-state index contributed by atoms with van der Waals surface area (Å²) in [5.74, 6) is -0.540.